The largest absolute Gasteiger partial charge is 0.379 e. The van der Waals surface area contributed by atoms with Gasteiger partial charge in [-0.05, 0) is 26.3 Å². The van der Waals surface area contributed by atoms with Crippen LogP contribution in [0.25, 0.3) is 0 Å². The van der Waals surface area contributed by atoms with Crippen LogP contribution in [0.3, 0.4) is 0 Å². The van der Waals surface area contributed by atoms with Crippen LogP contribution in [0.1, 0.15) is 34.0 Å². The monoisotopic (exact) mass is 415 g/mol. The number of nitrogens with zero attached hydrogens (tertiary/aromatic N) is 3. The Kier molecular flexibility index (Phi) is 8.46. The number of hydrogen-bond acceptors (Lipinski definition) is 5. The molecule has 0 radical (unpaired) electrons. The standard InChI is InChI=1S/C22H33N5OS/c1-4-23-22(24-10-9-21-25-15-18(3)29-21)26-16-20(27-11-13-28-14-12-27)19-7-5-17(2)6-8-19/h5-8,15,20H,4,9-14,16H2,1-3H3,(H2,23,24,26). The van der Waals surface area contributed by atoms with Crippen LogP contribution in [0, 0.1) is 13.8 Å². The van der Waals surface area contributed by atoms with Crippen molar-refractivity contribution in [2.24, 2.45) is 4.99 Å². The van der Waals surface area contributed by atoms with E-state index in [1.54, 1.807) is 11.3 Å². The second-order valence-electron chi connectivity index (χ2n) is 7.34. The molecule has 1 fully saturated rings. The van der Waals surface area contributed by atoms with Gasteiger partial charge in [0.2, 0.25) is 0 Å². The van der Waals surface area contributed by atoms with E-state index in [2.05, 4.69) is 65.6 Å². The molecule has 158 valence electrons. The molecule has 29 heavy (non-hydrogen) atoms. The first-order valence-electron chi connectivity index (χ1n) is 10.5. The molecule has 1 aliphatic heterocycles. The summed E-state index contributed by atoms with van der Waals surface area (Å²) in [6.45, 7) is 12.2. The van der Waals surface area contributed by atoms with E-state index >= 15 is 0 Å². The summed E-state index contributed by atoms with van der Waals surface area (Å²) in [5, 5.41) is 7.99. The Labute approximate surface area is 178 Å². The molecule has 1 saturated heterocycles. The Hall–Kier alpha value is -1.96. The summed E-state index contributed by atoms with van der Waals surface area (Å²) in [6.07, 6.45) is 2.85. The van der Waals surface area contributed by atoms with Gasteiger partial charge in [-0.15, -0.1) is 11.3 Å². The topological polar surface area (TPSA) is 61.8 Å². The lowest BCUT2D eigenvalue weighted by Gasteiger charge is -2.34. The van der Waals surface area contributed by atoms with Gasteiger partial charge in [-0.25, -0.2) is 4.98 Å². The molecule has 1 atom stereocenters. The van der Waals surface area contributed by atoms with Gasteiger partial charge in [0.05, 0.1) is 30.8 Å². The highest BCUT2D eigenvalue weighted by atomic mass is 32.1. The number of aliphatic imine (C=N–C) groups is 1. The minimum atomic E-state index is 0.261. The average molecular weight is 416 g/mol. The second kappa shape index (κ2) is 11.3. The first-order valence-corrected chi connectivity index (χ1v) is 11.3. The predicted octanol–water partition coefficient (Wildman–Crippen LogP) is 2.93. The maximum Gasteiger partial charge on any atom is 0.191 e. The van der Waals surface area contributed by atoms with Gasteiger partial charge < -0.3 is 15.4 Å². The zero-order chi connectivity index (χ0) is 20.5. The number of rotatable bonds is 8. The molecular formula is C22H33N5OS. The van der Waals surface area contributed by atoms with Crippen molar-refractivity contribution in [1.82, 2.24) is 20.5 Å². The normalized spacial score (nSPS) is 16.6. The number of nitrogens with one attached hydrogen (secondary N) is 2. The number of hydrogen-bond donors (Lipinski definition) is 2. The lowest BCUT2D eigenvalue weighted by Crippen LogP contribution is -2.42. The number of ether oxygens (including phenoxy) is 1. The van der Waals surface area contributed by atoms with Crippen LogP contribution in [-0.4, -0.2) is 61.8 Å². The highest BCUT2D eigenvalue weighted by Crippen LogP contribution is 2.23. The predicted molar refractivity (Wildman–Crippen MR) is 121 cm³/mol. The first-order chi connectivity index (χ1) is 14.2. The summed E-state index contributed by atoms with van der Waals surface area (Å²) < 4.78 is 5.56. The molecule has 0 saturated carbocycles. The van der Waals surface area contributed by atoms with Crippen LogP contribution in [0.2, 0.25) is 0 Å². The van der Waals surface area contributed by atoms with Gasteiger partial charge in [-0.1, -0.05) is 29.8 Å². The van der Waals surface area contributed by atoms with Crippen molar-refractivity contribution in [2.75, 3.05) is 45.9 Å². The number of morpholine rings is 1. The molecule has 0 spiro atoms. The minimum absolute atomic E-state index is 0.261. The van der Waals surface area contributed by atoms with Gasteiger partial charge in [0, 0.05) is 43.7 Å². The quantitative estimate of drug-likeness (QED) is 0.513. The molecule has 2 aromatic rings. The van der Waals surface area contributed by atoms with Gasteiger partial charge in [-0.2, -0.15) is 0 Å². The third-order valence-corrected chi connectivity index (χ3v) is 5.99. The number of guanidine groups is 1. The van der Waals surface area contributed by atoms with Crippen LogP contribution in [0.5, 0.6) is 0 Å². The summed E-state index contributed by atoms with van der Waals surface area (Å²) in [5.41, 5.74) is 2.60. The molecule has 3 rings (SSSR count). The molecule has 1 aliphatic rings. The van der Waals surface area contributed by atoms with E-state index in [4.69, 9.17) is 9.73 Å². The number of aryl methyl sites for hydroxylation is 2. The van der Waals surface area contributed by atoms with Crippen LogP contribution in [-0.2, 0) is 11.2 Å². The molecule has 0 aliphatic carbocycles. The van der Waals surface area contributed by atoms with Crippen molar-refractivity contribution in [1.29, 1.82) is 0 Å². The SMILES string of the molecule is CCNC(=NCC(c1ccc(C)cc1)N1CCOCC1)NCCc1ncc(C)s1. The highest BCUT2D eigenvalue weighted by Gasteiger charge is 2.22. The third kappa shape index (κ3) is 6.80. The van der Waals surface area contributed by atoms with Crippen molar-refractivity contribution in [3.8, 4) is 0 Å². The molecule has 0 amide bonds. The Balaban J connectivity index is 1.65. The van der Waals surface area contributed by atoms with Crippen molar-refractivity contribution in [3.05, 3.63) is 51.5 Å². The van der Waals surface area contributed by atoms with Gasteiger partial charge in [0.25, 0.3) is 0 Å². The highest BCUT2D eigenvalue weighted by molar-refractivity contribution is 7.11. The van der Waals surface area contributed by atoms with Crippen LogP contribution in [0.4, 0.5) is 0 Å². The molecule has 1 aromatic carbocycles. The third-order valence-electron chi connectivity index (χ3n) is 5.02. The zero-order valence-electron chi connectivity index (χ0n) is 17.8. The molecule has 6 nitrogen and oxygen atoms in total. The molecule has 0 bridgehead atoms. The van der Waals surface area contributed by atoms with Crippen molar-refractivity contribution in [2.45, 2.75) is 33.2 Å². The van der Waals surface area contributed by atoms with E-state index in [1.807, 2.05) is 6.20 Å². The van der Waals surface area contributed by atoms with Crippen molar-refractivity contribution >= 4 is 17.3 Å². The van der Waals surface area contributed by atoms with Crippen LogP contribution >= 0.6 is 11.3 Å². The molecule has 2 heterocycles. The molecule has 1 unspecified atom stereocenters. The fourth-order valence-electron chi connectivity index (χ4n) is 3.43. The van der Waals surface area contributed by atoms with Gasteiger partial charge in [0.15, 0.2) is 5.96 Å². The summed E-state index contributed by atoms with van der Waals surface area (Å²) in [7, 11) is 0. The smallest absolute Gasteiger partial charge is 0.191 e. The Bertz CT molecular complexity index is 768. The van der Waals surface area contributed by atoms with Gasteiger partial charge in [-0.3, -0.25) is 9.89 Å². The average Bonchev–Trinajstić information content (AvgIpc) is 3.15. The Morgan fingerprint density at radius 2 is 1.97 bits per heavy atom. The summed E-state index contributed by atoms with van der Waals surface area (Å²) >= 11 is 1.76. The Morgan fingerprint density at radius 3 is 2.62 bits per heavy atom. The number of thiazole rings is 1. The fourth-order valence-corrected chi connectivity index (χ4v) is 4.22. The zero-order valence-corrected chi connectivity index (χ0v) is 18.6. The van der Waals surface area contributed by atoms with E-state index < -0.39 is 0 Å². The van der Waals surface area contributed by atoms with E-state index in [-0.39, 0.29) is 6.04 Å². The van der Waals surface area contributed by atoms with E-state index in [1.165, 1.54) is 16.0 Å². The van der Waals surface area contributed by atoms with Gasteiger partial charge >= 0.3 is 0 Å². The first kappa shape index (κ1) is 21.7. The van der Waals surface area contributed by atoms with Gasteiger partial charge in [0.1, 0.15) is 0 Å². The summed E-state index contributed by atoms with van der Waals surface area (Å²) in [6, 6.07) is 9.10. The van der Waals surface area contributed by atoms with Crippen LogP contribution in [0.15, 0.2) is 35.5 Å². The summed E-state index contributed by atoms with van der Waals surface area (Å²) in [5.74, 6) is 0.867. The number of aromatic nitrogens is 1. The number of benzene rings is 1. The molecule has 2 N–H and O–H groups in total. The van der Waals surface area contributed by atoms with Crippen molar-refractivity contribution < 1.29 is 4.74 Å². The molecular weight excluding hydrogens is 382 g/mol. The lowest BCUT2D eigenvalue weighted by molar-refractivity contribution is 0.0179. The minimum Gasteiger partial charge on any atom is -0.379 e. The fraction of sp³-hybridized carbons (Fsp3) is 0.545. The second-order valence-corrected chi connectivity index (χ2v) is 8.66. The maximum atomic E-state index is 5.56. The van der Waals surface area contributed by atoms with E-state index in [0.29, 0.717) is 0 Å². The molecule has 1 aromatic heterocycles. The van der Waals surface area contributed by atoms with Crippen molar-refractivity contribution in [3.63, 3.8) is 0 Å². The summed E-state index contributed by atoms with van der Waals surface area (Å²) in [4.78, 5) is 13.1. The van der Waals surface area contributed by atoms with E-state index in [0.717, 1.165) is 63.3 Å². The van der Waals surface area contributed by atoms with E-state index in [9.17, 15) is 0 Å². The Morgan fingerprint density at radius 1 is 1.21 bits per heavy atom. The maximum absolute atomic E-state index is 5.56. The van der Waals surface area contributed by atoms with Crippen LogP contribution < -0.4 is 10.6 Å². The molecule has 7 heteroatoms. The lowest BCUT2D eigenvalue weighted by atomic mass is 10.0.